The van der Waals surface area contributed by atoms with E-state index in [1.165, 1.54) is 0 Å². The number of aromatic nitrogens is 2. The second kappa shape index (κ2) is 13.0. The van der Waals surface area contributed by atoms with Crippen LogP contribution >= 0.6 is 0 Å². The summed E-state index contributed by atoms with van der Waals surface area (Å²) in [6.07, 6.45) is -0.740. The molecule has 0 radical (unpaired) electrons. The van der Waals surface area contributed by atoms with Gasteiger partial charge in [-0.15, -0.1) is 0 Å². The van der Waals surface area contributed by atoms with Crippen molar-refractivity contribution in [3.05, 3.63) is 71.9 Å². The number of halogens is 4. The highest BCUT2D eigenvalue weighted by Gasteiger charge is 2.35. The van der Waals surface area contributed by atoms with Crippen LogP contribution in [0.5, 0.6) is 5.75 Å². The fraction of sp³-hybridized carbons (Fsp3) is 0.433. The lowest BCUT2D eigenvalue weighted by Crippen LogP contribution is -2.54. The minimum atomic E-state index is -4.71. The number of imidazole rings is 1. The van der Waals surface area contributed by atoms with E-state index in [4.69, 9.17) is 4.74 Å². The van der Waals surface area contributed by atoms with Gasteiger partial charge in [0.05, 0.1) is 36.3 Å². The van der Waals surface area contributed by atoms with Crippen LogP contribution in [0.2, 0.25) is 0 Å². The summed E-state index contributed by atoms with van der Waals surface area (Å²) in [5, 5.41) is 15.3. The number of hydrogen-bond donors (Lipinski definition) is 3. The molecule has 1 saturated carbocycles. The quantitative estimate of drug-likeness (QED) is 0.300. The first kappa shape index (κ1) is 30.3. The maximum absolute atomic E-state index is 14.1. The van der Waals surface area contributed by atoms with Gasteiger partial charge in [-0.3, -0.25) is 4.79 Å². The van der Waals surface area contributed by atoms with Gasteiger partial charge >= 0.3 is 12.3 Å². The highest BCUT2D eigenvalue weighted by atomic mass is 19.4. The standard InChI is InChI=1S/C30H33F4N5O4/c31-21-14-20(30(32,33)34)15-23(16-21)43-13-10-22-17-35-11-12-38(22)28(40)26-27(19-6-2-1-3-7-19)39(18-36-26)25-9-5-4-8-24(25)37-29(41)42/h1-3,6-7,14-16,18,22,24-25,35,37H,4-5,8-13,17H2,(H,41,42)/t22-,24+,25+/m1/s1. The zero-order valence-corrected chi connectivity index (χ0v) is 23.3. The van der Waals surface area contributed by atoms with Crippen LogP contribution in [0.3, 0.4) is 0 Å². The minimum Gasteiger partial charge on any atom is -0.493 e. The van der Waals surface area contributed by atoms with Gasteiger partial charge in [-0.1, -0.05) is 43.2 Å². The van der Waals surface area contributed by atoms with Crippen LogP contribution in [-0.2, 0) is 6.18 Å². The van der Waals surface area contributed by atoms with E-state index in [1.54, 1.807) is 11.2 Å². The lowest BCUT2D eigenvalue weighted by molar-refractivity contribution is -0.137. The van der Waals surface area contributed by atoms with Crippen molar-refractivity contribution in [1.29, 1.82) is 0 Å². The van der Waals surface area contributed by atoms with Gasteiger partial charge in [-0.2, -0.15) is 13.2 Å². The SMILES string of the molecule is O=C(O)N[C@H]1CCCC[C@@H]1n1cnc(C(=O)N2CCNC[C@H]2CCOc2cc(F)cc(C(F)(F)F)c2)c1-c1ccccc1. The van der Waals surface area contributed by atoms with Crippen LogP contribution in [0, 0.1) is 5.82 Å². The Kier molecular flexibility index (Phi) is 9.19. The molecular formula is C30H33F4N5O4. The zero-order valence-electron chi connectivity index (χ0n) is 23.3. The third-order valence-corrected chi connectivity index (χ3v) is 7.97. The second-order valence-corrected chi connectivity index (χ2v) is 10.8. The number of amides is 2. The number of ether oxygens (including phenoxy) is 1. The van der Waals surface area contributed by atoms with Gasteiger partial charge in [0.2, 0.25) is 0 Å². The minimum absolute atomic E-state index is 0.0402. The topological polar surface area (TPSA) is 109 Å². The number of benzene rings is 2. The Bertz CT molecular complexity index is 1430. The number of carbonyl (C=O) groups is 2. The normalized spacial score (nSPS) is 20.9. The molecular weight excluding hydrogens is 570 g/mol. The number of nitrogens with one attached hydrogen (secondary N) is 2. The molecule has 5 rings (SSSR count). The summed E-state index contributed by atoms with van der Waals surface area (Å²) >= 11 is 0. The third-order valence-electron chi connectivity index (χ3n) is 7.97. The van der Waals surface area contributed by atoms with Gasteiger partial charge in [0.1, 0.15) is 11.6 Å². The summed E-state index contributed by atoms with van der Waals surface area (Å²) in [6, 6.07) is 10.5. The monoisotopic (exact) mass is 603 g/mol. The molecule has 1 aliphatic heterocycles. The largest absolute Gasteiger partial charge is 0.493 e. The van der Waals surface area contributed by atoms with Crippen LogP contribution in [-0.4, -0.2) is 69.9 Å². The molecule has 2 fully saturated rings. The van der Waals surface area contributed by atoms with E-state index < -0.39 is 23.7 Å². The summed E-state index contributed by atoms with van der Waals surface area (Å²) in [7, 11) is 0. The van der Waals surface area contributed by atoms with Crippen molar-refractivity contribution in [3.8, 4) is 17.0 Å². The molecule has 1 aliphatic carbocycles. The van der Waals surface area contributed by atoms with Crippen molar-refractivity contribution < 1.29 is 37.0 Å². The molecule has 9 nitrogen and oxygen atoms in total. The van der Waals surface area contributed by atoms with Crippen LogP contribution in [0.25, 0.3) is 11.3 Å². The van der Waals surface area contributed by atoms with Gasteiger partial charge in [0.25, 0.3) is 5.91 Å². The van der Waals surface area contributed by atoms with Gasteiger partial charge in [0.15, 0.2) is 5.69 Å². The first-order valence-corrected chi connectivity index (χ1v) is 14.3. The van der Waals surface area contributed by atoms with Crippen molar-refractivity contribution in [1.82, 2.24) is 25.1 Å². The Morgan fingerprint density at radius 2 is 1.88 bits per heavy atom. The van der Waals surface area contributed by atoms with Crippen LogP contribution in [0.1, 0.15) is 54.2 Å². The number of alkyl halides is 3. The van der Waals surface area contributed by atoms with Gasteiger partial charge < -0.3 is 29.9 Å². The predicted molar refractivity (Wildman–Crippen MR) is 149 cm³/mol. The molecule has 13 heteroatoms. The fourth-order valence-electron chi connectivity index (χ4n) is 5.97. The van der Waals surface area contributed by atoms with Crippen molar-refractivity contribution >= 4 is 12.0 Å². The highest BCUT2D eigenvalue weighted by molar-refractivity contribution is 5.98. The van der Waals surface area contributed by atoms with E-state index in [9.17, 15) is 32.3 Å². The summed E-state index contributed by atoms with van der Waals surface area (Å²) < 4.78 is 60.5. The van der Waals surface area contributed by atoms with E-state index in [0.29, 0.717) is 37.8 Å². The average molecular weight is 604 g/mol. The molecule has 43 heavy (non-hydrogen) atoms. The Morgan fingerprint density at radius 1 is 1.12 bits per heavy atom. The number of carbonyl (C=O) groups excluding carboxylic acids is 1. The first-order valence-electron chi connectivity index (χ1n) is 14.3. The Hall–Kier alpha value is -4.13. The number of piperazine rings is 1. The van der Waals surface area contributed by atoms with Crippen LogP contribution < -0.4 is 15.4 Å². The molecule has 1 aromatic heterocycles. The zero-order chi connectivity index (χ0) is 30.6. The van der Waals surface area contributed by atoms with Gasteiger partial charge in [0, 0.05) is 43.7 Å². The van der Waals surface area contributed by atoms with E-state index in [0.717, 1.165) is 37.0 Å². The van der Waals surface area contributed by atoms with Crippen molar-refractivity contribution in [2.24, 2.45) is 0 Å². The second-order valence-electron chi connectivity index (χ2n) is 10.8. The Balaban J connectivity index is 1.38. The molecule has 3 atom stereocenters. The van der Waals surface area contributed by atoms with E-state index in [2.05, 4.69) is 15.6 Å². The molecule has 1 saturated heterocycles. The summed E-state index contributed by atoms with van der Waals surface area (Å²) in [5.74, 6) is -1.60. The van der Waals surface area contributed by atoms with Gasteiger partial charge in [-0.05, 0) is 25.0 Å². The smallest absolute Gasteiger partial charge is 0.416 e. The van der Waals surface area contributed by atoms with Crippen LogP contribution in [0.15, 0.2) is 54.9 Å². The number of nitrogens with zero attached hydrogens (tertiary/aromatic N) is 3. The fourth-order valence-corrected chi connectivity index (χ4v) is 5.97. The maximum atomic E-state index is 14.1. The lowest BCUT2D eigenvalue weighted by Gasteiger charge is -2.36. The predicted octanol–water partition coefficient (Wildman–Crippen LogP) is 5.34. The van der Waals surface area contributed by atoms with Crippen molar-refractivity contribution in [3.63, 3.8) is 0 Å². The van der Waals surface area contributed by atoms with Crippen molar-refractivity contribution in [2.45, 2.75) is 56.4 Å². The highest BCUT2D eigenvalue weighted by Crippen LogP contribution is 2.36. The van der Waals surface area contributed by atoms with E-state index in [1.807, 2.05) is 34.9 Å². The molecule has 0 bridgehead atoms. The number of rotatable bonds is 8. The van der Waals surface area contributed by atoms with E-state index >= 15 is 0 Å². The maximum Gasteiger partial charge on any atom is 0.416 e. The lowest BCUT2D eigenvalue weighted by atomic mass is 9.89. The molecule has 3 N–H and O–H groups in total. The molecule has 230 valence electrons. The molecule has 2 amide bonds. The van der Waals surface area contributed by atoms with Crippen molar-refractivity contribution in [2.75, 3.05) is 26.2 Å². The molecule has 0 unspecified atom stereocenters. The summed E-state index contributed by atoms with van der Waals surface area (Å²) in [6.45, 7) is 1.30. The molecule has 2 aromatic carbocycles. The molecule has 2 heterocycles. The average Bonchev–Trinajstić information content (AvgIpc) is 3.42. The molecule has 2 aliphatic rings. The first-order chi connectivity index (χ1) is 20.6. The van der Waals surface area contributed by atoms with Crippen LogP contribution in [0.4, 0.5) is 22.4 Å². The molecule has 3 aromatic rings. The molecule has 0 spiro atoms. The Morgan fingerprint density at radius 3 is 2.63 bits per heavy atom. The van der Waals surface area contributed by atoms with E-state index in [-0.39, 0.29) is 48.5 Å². The number of carboxylic acid groups (broad SMARTS) is 1. The number of hydrogen-bond acceptors (Lipinski definition) is 5. The summed E-state index contributed by atoms with van der Waals surface area (Å²) in [5.41, 5.74) is 0.465. The third kappa shape index (κ3) is 7.10. The summed E-state index contributed by atoms with van der Waals surface area (Å²) in [4.78, 5) is 31.9. The Labute approximate surface area is 245 Å². The van der Waals surface area contributed by atoms with Gasteiger partial charge in [-0.25, -0.2) is 14.2 Å².